The molecule has 0 aromatic heterocycles. The molecule has 9 heavy (non-hydrogen) atoms. The van der Waals surface area contributed by atoms with E-state index in [4.69, 9.17) is 0 Å². The minimum atomic E-state index is 0.875. The third-order valence-corrected chi connectivity index (χ3v) is 1.18. The van der Waals surface area contributed by atoms with E-state index in [9.17, 15) is 0 Å². The lowest BCUT2D eigenvalue weighted by Gasteiger charge is -1.88. The van der Waals surface area contributed by atoms with Crippen LogP contribution in [-0.4, -0.2) is 5.75 Å². The fourth-order valence-electron chi connectivity index (χ4n) is 0.300. The van der Waals surface area contributed by atoms with E-state index in [1.54, 1.807) is 0 Å². The van der Waals surface area contributed by atoms with Gasteiger partial charge in [0.05, 0.1) is 0 Å². The molecule has 0 unspecified atom stereocenters. The molecule has 0 aliphatic rings. The summed E-state index contributed by atoms with van der Waals surface area (Å²) in [7, 11) is 0. The summed E-state index contributed by atoms with van der Waals surface area (Å²) in [5, 5.41) is 0. The zero-order valence-electron chi connectivity index (χ0n) is 6.94. The molecular weight excluding hydrogens is 128 g/mol. The van der Waals surface area contributed by atoms with Gasteiger partial charge < -0.3 is 0 Å². The lowest BCUT2D eigenvalue weighted by Crippen LogP contribution is -1.70. The molecule has 0 aromatic rings. The second-order valence-electron chi connectivity index (χ2n) is 1.59. The van der Waals surface area contributed by atoms with Gasteiger partial charge in [-0.3, -0.25) is 0 Å². The van der Waals surface area contributed by atoms with Gasteiger partial charge in [-0.2, -0.15) is 12.6 Å². The smallest absolute Gasteiger partial charge is 0.00850 e. The third-order valence-electron chi connectivity index (χ3n) is 0.997. The van der Waals surface area contributed by atoms with Gasteiger partial charge in [-0.05, 0) is 13.3 Å². The number of thiol groups is 1. The number of hydrogen-bond acceptors (Lipinski definition) is 1. The van der Waals surface area contributed by atoms with Gasteiger partial charge in [0.15, 0.2) is 0 Å². The summed E-state index contributed by atoms with van der Waals surface area (Å²) in [5.74, 6) is 0.875. The second kappa shape index (κ2) is 11.0. The molecule has 0 rings (SSSR count). The van der Waals surface area contributed by atoms with Crippen LogP contribution in [-0.2, 0) is 0 Å². The van der Waals surface area contributed by atoms with Crippen molar-refractivity contribution in [2.75, 3.05) is 5.75 Å². The fourth-order valence-corrected chi connectivity index (χ4v) is 0.612. The summed E-state index contributed by atoms with van der Waals surface area (Å²) in [4.78, 5) is 0. The molecule has 0 N–H and O–H groups in total. The lowest BCUT2D eigenvalue weighted by molar-refractivity contribution is 1.09. The van der Waals surface area contributed by atoms with E-state index in [1.807, 2.05) is 13.8 Å². The Balaban J connectivity index is 0. The molecule has 0 bridgehead atoms. The van der Waals surface area contributed by atoms with Crippen LogP contribution >= 0.6 is 12.6 Å². The summed E-state index contributed by atoms with van der Waals surface area (Å²) in [6, 6.07) is 0. The summed E-state index contributed by atoms with van der Waals surface area (Å²) in [6.07, 6.45) is 3.28. The zero-order chi connectivity index (χ0) is 7.70. The van der Waals surface area contributed by atoms with E-state index < -0.39 is 0 Å². The molecule has 0 amide bonds. The van der Waals surface area contributed by atoms with E-state index >= 15 is 0 Å². The van der Waals surface area contributed by atoms with Gasteiger partial charge in [-0.25, -0.2) is 0 Å². The topological polar surface area (TPSA) is 0 Å². The van der Waals surface area contributed by atoms with Crippen molar-refractivity contribution in [3.8, 4) is 0 Å². The number of hydrogen-bond donors (Lipinski definition) is 1. The molecule has 1 heteroatoms. The Morgan fingerprint density at radius 3 is 2.00 bits per heavy atom. The highest BCUT2D eigenvalue weighted by atomic mass is 32.1. The Kier molecular flexibility index (Phi) is 14.4. The van der Waals surface area contributed by atoms with Crippen molar-refractivity contribution >= 4 is 12.6 Å². The average molecular weight is 146 g/mol. The minimum Gasteiger partial charge on any atom is -0.175 e. The van der Waals surface area contributed by atoms with Crippen molar-refractivity contribution < 1.29 is 0 Å². The van der Waals surface area contributed by atoms with Crippen molar-refractivity contribution in [2.24, 2.45) is 0 Å². The van der Waals surface area contributed by atoms with Crippen molar-refractivity contribution in [1.82, 2.24) is 0 Å². The maximum Gasteiger partial charge on any atom is 0.00850 e. The predicted molar refractivity (Wildman–Crippen MR) is 49.2 cm³/mol. The summed E-state index contributed by atoms with van der Waals surface area (Å²) in [6.45, 7) is 8.27. The average Bonchev–Trinajstić information content (AvgIpc) is 1.93. The molecule has 0 radical (unpaired) electrons. The number of rotatable bonds is 2. The van der Waals surface area contributed by atoms with E-state index in [2.05, 4.69) is 32.6 Å². The van der Waals surface area contributed by atoms with Gasteiger partial charge in [0.1, 0.15) is 0 Å². The molecule has 0 aliphatic carbocycles. The van der Waals surface area contributed by atoms with E-state index in [-0.39, 0.29) is 0 Å². The maximum absolute atomic E-state index is 4.04. The maximum atomic E-state index is 4.04. The van der Waals surface area contributed by atoms with Crippen molar-refractivity contribution in [1.29, 1.82) is 0 Å². The molecule has 56 valence electrons. The highest BCUT2D eigenvalue weighted by Gasteiger charge is 1.77. The molecule has 0 nitrogen and oxygen atoms in total. The lowest BCUT2D eigenvalue weighted by atomic mass is 10.2. The van der Waals surface area contributed by atoms with Gasteiger partial charge in [0.25, 0.3) is 0 Å². The molecule has 0 saturated carbocycles. The Hall–Kier alpha value is 0.0900. The highest BCUT2D eigenvalue weighted by molar-refractivity contribution is 7.80. The van der Waals surface area contributed by atoms with Crippen LogP contribution in [0.3, 0.4) is 0 Å². The zero-order valence-corrected chi connectivity index (χ0v) is 7.83. The first-order valence-corrected chi connectivity index (χ1v) is 4.21. The van der Waals surface area contributed by atoms with Crippen molar-refractivity contribution in [3.63, 3.8) is 0 Å². The van der Waals surface area contributed by atoms with E-state index in [1.165, 1.54) is 5.57 Å². The minimum absolute atomic E-state index is 0.875. The molecule has 0 saturated heterocycles. The van der Waals surface area contributed by atoms with Crippen molar-refractivity contribution in [2.45, 2.75) is 34.1 Å². The third kappa shape index (κ3) is 11.6. The molecule has 0 fully saturated rings. The van der Waals surface area contributed by atoms with E-state index in [0.29, 0.717) is 0 Å². The van der Waals surface area contributed by atoms with Crippen LogP contribution in [0.25, 0.3) is 0 Å². The standard InChI is InChI=1S/C6H12S.C2H6/c1-3-6(2)4-5-7;1-2/h4,7H,3,5H2,1-2H3;1-2H3/b6-4-;. The molecule has 0 spiro atoms. The van der Waals surface area contributed by atoms with Crippen LogP contribution in [0.5, 0.6) is 0 Å². The van der Waals surface area contributed by atoms with Crippen LogP contribution in [0.2, 0.25) is 0 Å². The predicted octanol–water partition coefficient (Wildman–Crippen LogP) is 3.30. The van der Waals surface area contributed by atoms with Gasteiger partial charge in [-0.1, -0.05) is 32.4 Å². The second-order valence-corrected chi connectivity index (χ2v) is 1.95. The Labute approximate surface area is 64.8 Å². The molecule has 0 aliphatic heterocycles. The Morgan fingerprint density at radius 2 is 1.89 bits per heavy atom. The van der Waals surface area contributed by atoms with Crippen molar-refractivity contribution in [3.05, 3.63) is 11.6 Å². The van der Waals surface area contributed by atoms with Gasteiger partial charge in [0.2, 0.25) is 0 Å². The monoisotopic (exact) mass is 146 g/mol. The van der Waals surface area contributed by atoms with Gasteiger partial charge >= 0.3 is 0 Å². The molecular formula is C8H18S. The first-order chi connectivity index (χ1) is 4.31. The number of allylic oxidation sites excluding steroid dienone is 1. The summed E-state index contributed by atoms with van der Waals surface area (Å²) in [5.41, 5.74) is 1.43. The Bertz CT molecular complexity index is 65.0. The van der Waals surface area contributed by atoms with Crippen LogP contribution in [0.15, 0.2) is 11.6 Å². The Morgan fingerprint density at radius 1 is 1.44 bits per heavy atom. The highest BCUT2D eigenvalue weighted by Crippen LogP contribution is 1.96. The normalized spacial score (nSPS) is 10.1. The fraction of sp³-hybridized carbons (Fsp3) is 0.750. The van der Waals surface area contributed by atoms with Crippen LogP contribution in [0.1, 0.15) is 34.1 Å². The first kappa shape index (κ1) is 11.8. The summed E-state index contributed by atoms with van der Waals surface area (Å²) >= 11 is 4.04. The summed E-state index contributed by atoms with van der Waals surface area (Å²) < 4.78 is 0. The SMILES string of the molecule is CC.CC/C(C)=C\CS. The molecule has 0 atom stereocenters. The molecule has 0 aromatic carbocycles. The largest absolute Gasteiger partial charge is 0.175 e. The van der Waals surface area contributed by atoms with Gasteiger partial charge in [-0.15, -0.1) is 0 Å². The molecule has 0 heterocycles. The van der Waals surface area contributed by atoms with E-state index in [0.717, 1.165) is 12.2 Å². The van der Waals surface area contributed by atoms with Crippen LogP contribution in [0.4, 0.5) is 0 Å². The van der Waals surface area contributed by atoms with Crippen LogP contribution < -0.4 is 0 Å². The first-order valence-electron chi connectivity index (χ1n) is 3.57. The quantitative estimate of drug-likeness (QED) is 0.448. The van der Waals surface area contributed by atoms with Gasteiger partial charge in [0, 0.05) is 5.75 Å². The van der Waals surface area contributed by atoms with Crippen LogP contribution in [0, 0.1) is 0 Å².